The lowest BCUT2D eigenvalue weighted by atomic mass is 10.1. The van der Waals surface area contributed by atoms with Crippen molar-refractivity contribution in [3.05, 3.63) is 45.1 Å². The number of nitro groups is 1. The molecule has 7 nitrogen and oxygen atoms in total. The van der Waals surface area contributed by atoms with E-state index in [4.69, 9.17) is 5.73 Å². The van der Waals surface area contributed by atoms with Crippen LogP contribution in [0.2, 0.25) is 0 Å². The molecular weight excluding hydrogens is 347 g/mol. The zero-order valence-electron chi connectivity index (χ0n) is 12.5. The number of hydrazone groups is 1. The molecule has 2 aromatic rings. The summed E-state index contributed by atoms with van der Waals surface area (Å²) in [5.74, 6) is 0. The second-order valence-corrected chi connectivity index (χ2v) is 5.61. The van der Waals surface area contributed by atoms with Crippen molar-refractivity contribution in [1.82, 2.24) is 4.37 Å². The molecule has 3 N–H and O–H groups in total. The Balaban J connectivity index is 2.36. The summed E-state index contributed by atoms with van der Waals surface area (Å²) < 4.78 is 42.0. The van der Waals surface area contributed by atoms with E-state index < -0.39 is 22.4 Å². The van der Waals surface area contributed by atoms with Crippen LogP contribution in [-0.4, -0.2) is 15.0 Å². The third kappa shape index (κ3) is 3.62. The van der Waals surface area contributed by atoms with Crippen LogP contribution in [0.25, 0.3) is 0 Å². The summed E-state index contributed by atoms with van der Waals surface area (Å²) in [6, 6.07) is 2.16. The average Bonchev–Trinajstić information content (AvgIpc) is 2.82. The number of alkyl halides is 3. The van der Waals surface area contributed by atoms with E-state index >= 15 is 0 Å². The number of aromatic nitrogens is 1. The van der Waals surface area contributed by atoms with Gasteiger partial charge >= 0.3 is 6.18 Å². The van der Waals surface area contributed by atoms with Gasteiger partial charge in [0.2, 0.25) is 0 Å². The number of nitro benzene ring substituents is 1. The van der Waals surface area contributed by atoms with Crippen molar-refractivity contribution in [2.24, 2.45) is 5.10 Å². The van der Waals surface area contributed by atoms with Gasteiger partial charge in [0.05, 0.1) is 27.5 Å². The first kappa shape index (κ1) is 17.7. The van der Waals surface area contributed by atoms with Gasteiger partial charge in [-0.05, 0) is 37.5 Å². The van der Waals surface area contributed by atoms with Gasteiger partial charge in [0, 0.05) is 6.07 Å². The highest BCUT2D eigenvalue weighted by atomic mass is 32.1. The van der Waals surface area contributed by atoms with E-state index in [0.29, 0.717) is 28.0 Å². The molecule has 1 aromatic heterocycles. The Bertz CT molecular complexity index is 797. The highest BCUT2D eigenvalue weighted by molar-refractivity contribution is 7.10. The summed E-state index contributed by atoms with van der Waals surface area (Å²) in [7, 11) is 0. The summed E-state index contributed by atoms with van der Waals surface area (Å²) >= 11 is 1.08. The molecule has 0 amide bonds. The lowest BCUT2D eigenvalue weighted by molar-refractivity contribution is -0.384. The van der Waals surface area contributed by atoms with Crippen LogP contribution in [0.1, 0.15) is 23.7 Å². The number of aryl methyl sites for hydroxylation is 1. The lowest BCUT2D eigenvalue weighted by Crippen LogP contribution is -2.08. The molecule has 0 unspecified atom stereocenters. The van der Waals surface area contributed by atoms with Crippen LogP contribution in [0.5, 0.6) is 0 Å². The average molecular weight is 359 g/mol. The fourth-order valence-electron chi connectivity index (χ4n) is 1.98. The van der Waals surface area contributed by atoms with Crippen molar-refractivity contribution in [2.45, 2.75) is 20.0 Å². The maximum absolute atomic E-state index is 12.7. The summed E-state index contributed by atoms with van der Waals surface area (Å²) in [5, 5.41) is 15.4. The van der Waals surface area contributed by atoms with Crippen molar-refractivity contribution in [3.8, 4) is 0 Å². The number of rotatable bonds is 4. The zero-order chi connectivity index (χ0) is 18.1. The van der Waals surface area contributed by atoms with Crippen LogP contribution in [-0.2, 0) is 6.18 Å². The Morgan fingerprint density at radius 2 is 2.12 bits per heavy atom. The first-order valence-corrected chi connectivity index (χ1v) is 7.26. The Morgan fingerprint density at radius 3 is 2.62 bits per heavy atom. The molecular formula is C13H12F3N5O2S. The minimum atomic E-state index is -4.67. The fourth-order valence-corrected chi connectivity index (χ4v) is 2.69. The van der Waals surface area contributed by atoms with Crippen molar-refractivity contribution < 1.29 is 18.1 Å². The van der Waals surface area contributed by atoms with Gasteiger partial charge in [-0.1, -0.05) is 0 Å². The van der Waals surface area contributed by atoms with Gasteiger partial charge in [0.25, 0.3) is 5.69 Å². The van der Waals surface area contributed by atoms with E-state index in [1.165, 1.54) is 0 Å². The van der Waals surface area contributed by atoms with Crippen LogP contribution < -0.4 is 11.2 Å². The third-order valence-corrected chi connectivity index (χ3v) is 3.88. The molecule has 0 saturated heterocycles. The number of nitrogen functional groups attached to an aromatic ring is 1. The quantitative estimate of drug-likeness (QED) is 0.491. The zero-order valence-corrected chi connectivity index (χ0v) is 13.3. The van der Waals surface area contributed by atoms with Crippen LogP contribution in [0.4, 0.5) is 29.5 Å². The number of nitrogens with two attached hydrogens (primary N) is 1. The van der Waals surface area contributed by atoms with Gasteiger partial charge in [-0.2, -0.15) is 22.6 Å². The Morgan fingerprint density at radius 1 is 1.46 bits per heavy atom. The van der Waals surface area contributed by atoms with E-state index in [1.807, 2.05) is 0 Å². The number of nitrogens with one attached hydrogen (secondary N) is 1. The van der Waals surface area contributed by atoms with E-state index in [2.05, 4.69) is 14.9 Å². The summed E-state index contributed by atoms with van der Waals surface area (Å²) in [5.41, 5.74) is 7.83. The molecule has 1 aromatic carbocycles. The first-order chi connectivity index (χ1) is 11.1. The minimum absolute atomic E-state index is 0.160. The molecule has 0 aliphatic rings. The number of anilines is 2. The molecule has 2 rings (SSSR count). The number of nitrogens with zero attached hydrogens (tertiary/aromatic N) is 3. The summed E-state index contributed by atoms with van der Waals surface area (Å²) in [6.45, 7) is 3.33. The van der Waals surface area contributed by atoms with E-state index in [0.717, 1.165) is 23.7 Å². The predicted octanol–water partition coefficient (Wildman–Crippen LogP) is 3.80. The molecule has 128 valence electrons. The van der Waals surface area contributed by atoms with Gasteiger partial charge in [-0.15, -0.1) is 0 Å². The monoisotopic (exact) mass is 359 g/mol. The molecule has 0 spiro atoms. The molecule has 0 aliphatic carbocycles. The molecule has 0 bridgehead atoms. The maximum atomic E-state index is 12.7. The largest absolute Gasteiger partial charge is 0.416 e. The van der Waals surface area contributed by atoms with Crippen LogP contribution >= 0.6 is 11.5 Å². The van der Waals surface area contributed by atoms with Crippen molar-refractivity contribution in [3.63, 3.8) is 0 Å². The molecule has 24 heavy (non-hydrogen) atoms. The number of hydrogen-bond donors (Lipinski definition) is 2. The van der Waals surface area contributed by atoms with Crippen LogP contribution in [0.3, 0.4) is 0 Å². The molecule has 0 aliphatic heterocycles. The molecule has 0 radical (unpaired) electrons. The number of halogens is 3. The minimum Gasteiger partial charge on any atom is -0.389 e. The maximum Gasteiger partial charge on any atom is 0.416 e. The van der Waals surface area contributed by atoms with Gasteiger partial charge in [-0.3, -0.25) is 15.5 Å². The van der Waals surface area contributed by atoms with E-state index in [1.54, 1.807) is 13.8 Å². The van der Waals surface area contributed by atoms with Crippen LogP contribution in [0, 0.1) is 17.0 Å². The Kier molecular flexibility index (Phi) is 4.73. The summed E-state index contributed by atoms with van der Waals surface area (Å²) in [6.07, 6.45) is -4.67. The standard InChI is InChI=1S/C13H12F3N5O2S/c1-6(11-7(2)20-24-12(11)17)18-19-9-4-3-8(13(14,15)16)5-10(9)21(22)23/h3-5,19H,17H2,1-2H3/b18-6-. The van der Waals surface area contributed by atoms with Gasteiger partial charge in [-0.25, -0.2) is 0 Å². The summed E-state index contributed by atoms with van der Waals surface area (Å²) in [4.78, 5) is 10.1. The van der Waals surface area contributed by atoms with E-state index in [9.17, 15) is 23.3 Å². The Hall–Kier alpha value is -2.69. The SMILES string of the molecule is C/C(=N/Nc1ccc(C(F)(F)F)cc1[N+](=O)[O-])c1c(C)nsc1N. The number of benzene rings is 1. The third-order valence-electron chi connectivity index (χ3n) is 3.12. The van der Waals surface area contributed by atoms with Crippen molar-refractivity contribution in [1.29, 1.82) is 0 Å². The topological polar surface area (TPSA) is 106 Å². The molecule has 0 fully saturated rings. The molecule has 0 saturated carbocycles. The second-order valence-electron chi connectivity index (χ2n) is 4.80. The fraction of sp³-hybridized carbons (Fsp3) is 0.231. The second kappa shape index (κ2) is 6.43. The normalized spacial score (nSPS) is 12.3. The smallest absolute Gasteiger partial charge is 0.389 e. The lowest BCUT2D eigenvalue weighted by Gasteiger charge is -2.09. The molecule has 0 atom stereocenters. The predicted molar refractivity (Wildman–Crippen MR) is 85.2 cm³/mol. The van der Waals surface area contributed by atoms with Gasteiger partial charge in [0.15, 0.2) is 0 Å². The molecule has 1 heterocycles. The van der Waals surface area contributed by atoms with Gasteiger partial charge < -0.3 is 5.73 Å². The van der Waals surface area contributed by atoms with Crippen LogP contribution in [0.15, 0.2) is 23.3 Å². The highest BCUT2D eigenvalue weighted by Gasteiger charge is 2.33. The number of hydrogen-bond acceptors (Lipinski definition) is 7. The Labute approximate surface area is 138 Å². The van der Waals surface area contributed by atoms with Crippen molar-refractivity contribution in [2.75, 3.05) is 11.2 Å². The van der Waals surface area contributed by atoms with E-state index in [-0.39, 0.29) is 5.69 Å². The van der Waals surface area contributed by atoms with Crippen molar-refractivity contribution >= 4 is 33.6 Å². The van der Waals surface area contributed by atoms with Gasteiger partial charge in [0.1, 0.15) is 10.7 Å². The first-order valence-electron chi connectivity index (χ1n) is 6.49. The molecule has 11 heteroatoms. The highest BCUT2D eigenvalue weighted by Crippen LogP contribution is 2.35.